The molecule has 1 aromatic rings. The van der Waals surface area contributed by atoms with Crippen molar-refractivity contribution in [2.24, 2.45) is 0 Å². The summed E-state index contributed by atoms with van der Waals surface area (Å²) in [6.07, 6.45) is 3.85. The number of aromatic nitrogens is 2. The van der Waals surface area contributed by atoms with Crippen LogP contribution < -0.4 is 11.1 Å². The first-order valence-corrected chi connectivity index (χ1v) is 5.07. The van der Waals surface area contributed by atoms with E-state index in [-0.39, 0.29) is 0 Å². The highest BCUT2D eigenvalue weighted by molar-refractivity contribution is 5.45. The highest BCUT2D eigenvalue weighted by Gasteiger charge is 2.04. The summed E-state index contributed by atoms with van der Waals surface area (Å²) < 4.78 is 0. The fourth-order valence-corrected chi connectivity index (χ4v) is 1.41. The Hall–Kier alpha value is -1.36. The molecular formula is C10H19N5. The standard InChI is InChI=1S/C10H19N5/c1-12-9-8(5-4-6-15(2)3)7-13-10(11)14-9/h7H,4-6H2,1-3H3,(H3,11,12,13,14). The predicted molar refractivity (Wildman–Crippen MR) is 62.9 cm³/mol. The van der Waals surface area contributed by atoms with E-state index in [9.17, 15) is 0 Å². The lowest BCUT2D eigenvalue weighted by Gasteiger charge is -2.11. The van der Waals surface area contributed by atoms with Gasteiger partial charge < -0.3 is 16.0 Å². The lowest BCUT2D eigenvalue weighted by Crippen LogP contribution is -2.14. The zero-order valence-electron chi connectivity index (χ0n) is 9.62. The molecule has 0 fully saturated rings. The van der Waals surface area contributed by atoms with Crippen molar-refractivity contribution in [2.45, 2.75) is 12.8 Å². The van der Waals surface area contributed by atoms with Crippen molar-refractivity contribution in [2.75, 3.05) is 38.7 Å². The van der Waals surface area contributed by atoms with E-state index in [2.05, 4.69) is 34.3 Å². The van der Waals surface area contributed by atoms with Gasteiger partial charge in [-0.25, -0.2) is 4.98 Å². The Labute approximate surface area is 90.7 Å². The van der Waals surface area contributed by atoms with E-state index < -0.39 is 0 Å². The van der Waals surface area contributed by atoms with Crippen molar-refractivity contribution in [3.05, 3.63) is 11.8 Å². The maximum Gasteiger partial charge on any atom is 0.221 e. The smallest absolute Gasteiger partial charge is 0.221 e. The summed E-state index contributed by atoms with van der Waals surface area (Å²) in [5.74, 6) is 1.15. The molecule has 1 aromatic heterocycles. The molecule has 0 radical (unpaired) electrons. The van der Waals surface area contributed by atoms with Gasteiger partial charge in [0.15, 0.2) is 0 Å². The third kappa shape index (κ3) is 3.71. The summed E-state index contributed by atoms with van der Waals surface area (Å²) in [6, 6.07) is 0. The number of hydrogen-bond acceptors (Lipinski definition) is 5. The summed E-state index contributed by atoms with van der Waals surface area (Å²) in [6.45, 7) is 1.06. The Bertz CT molecular complexity index is 311. The van der Waals surface area contributed by atoms with Crippen molar-refractivity contribution in [3.63, 3.8) is 0 Å². The summed E-state index contributed by atoms with van der Waals surface area (Å²) in [5, 5.41) is 3.03. The van der Waals surface area contributed by atoms with Crippen LogP contribution >= 0.6 is 0 Å². The molecule has 5 heteroatoms. The first-order chi connectivity index (χ1) is 7.13. The normalized spacial score (nSPS) is 10.7. The zero-order valence-corrected chi connectivity index (χ0v) is 9.62. The molecule has 0 aromatic carbocycles. The fraction of sp³-hybridized carbons (Fsp3) is 0.600. The fourth-order valence-electron chi connectivity index (χ4n) is 1.41. The number of nitrogens with one attached hydrogen (secondary N) is 1. The Morgan fingerprint density at radius 3 is 2.80 bits per heavy atom. The maximum absolute atomic E-state index is 5.51. The topological polar surface area (TPSA) is 67.1 Å². The van der Waals surface area contributed by atoms with Crippen LogP contribution in [0.15, 0.2) is 6.20 Å². The highest BCUT2D eigenvalue weighted by atomic mass is 15.1. The number of nitrogens with zero attached hydrogens (tertiary/aromatic N) is 3. The average Bonchev–Trinajstić information content (AvgIpc) is 2.19. The van der Waals surface area contributed by atoms with Gasteiger partial charge in [0, 0.05) is 18.8 Å². The highest BCUT2D eigenvalue weighted by Crippen LogP contribution is 2.13. The Morgan fingerprint density at radius 2 is 2.20 bits per heavy atom. The molecule has 0 amide bonds. The monoisotopic (exact) mass is 209 g/mol. The number of hydrogen-bond donors (Lipinski definition) is 2. The summed E-state index contributed by atoms with van der Waals surface area (Å²) in [5.41, 5.74) is 6.63. The molecule has 1 heterocycles. The Kier molecular flexibility index (Phi) is 4.30. The third-order valence-corrected chi connectivity index (χ3v) is 2.17. The van der Waals surface area contributed by atoms with Gasteiger partial charge in [0.2, 0.25) is 5.95 Å². The van der Waals surface area contributed by atoms with Crippen LogP contribution in [-0.4, -0.2) is 42.6 Å². The number of anilines is 2. The van der Waals surface area contributed by atoms with E-state index in [1.807, 2.05) is 7.05 Å². The van der Waals surface area contributed by atoms with Crippen LogP contribution in [0.3, 0.4) is 0 Å². The number of nitrogen functional groups attached to an aromatic ring is 1. The second kappa shape index (κ2) is 5.50. The van der Waals surface area contributed by atoms with Gasteiger partial charge in [-0.3, -0.25) is 0 Å². The van der Waals surface area contributed by atoms with Crippen molar-refractivity contribution in [3.8, 4) is 0 Å². The van der Waals surface area contributed by atoms with E-state index in [1.165, 1.54) is 0 Å². The zero-order chi connectivity index (χ0) is 11.3. The van der Waals surface area contributed by atoms with Gasteiger partial charge in [0.25, 0.3) is 0 Å². The molecule has 0 saturated heterocycles. The third-order valence-electron chi connectivity index (χ3n) is 2.17. The molecule has 3 N–H and O–H groups in total. The van der Waals surface area contributed by atoms with Gasteiger partial charge in [0.05, 0.1) is 0 Å². The largest absolute Gasteiger partial charge is 0.373 e. The minimum atomic E-state index is 0.315. The van der Waals surface area contributed by atoms with Crippen molar-refractivity contribution >= 4 is 11.8 Å². The second-order valence-electron chi connectivity index (χ2n) is 3.76. The van der Waals surface area contributed by atoms with Gasteiger partial charge in [0.1, 0.15) is 5.82 Å². The molecule has 0 aliphatic rings. The molecule has 5 nitrogen and oxygen atoms in total. The first kappa shape index (κ1) is 11.7. The van der Waals surface area contributed by atoms with Crippen molar-refractivity contribution in [1.82, 2.24) is 14.9 Å². The van der Waals surface area contributed by atoms with Crippen LogP contribution in [0.4, 0.5) is 11.8 Å². The summed E-state index contributed by atoms with van der Waals surface area (Å²) in [7, 11) is 5.98. The number of rotatable bonds is 5. The minimum Gasteiger partial charge on any atom is -0.373 e. The molecule has 0 aliphatic carbocycles. The van der Waals surface area contributed by atoms with Crippen molar-refractivity contribution < 1.29 is 0 Å². The molecule has 0 unspecified atom stereocenters. The van der Waals surface area contributed by atoms with Gasteiger partial charge in [-0.2, -0.15) is 4.98 Å². The second-order valence-corrected chi connectivity index (χ2v) is 3.76. The van der Waals surface area contributed by atoms with Crippen LogP contribution in [0.2, 0.25) is 0 Å². The van der Waals surface area contributed by atoms with E-state index >= 15 is 0 Å². The van der Waals surface area contributed by atoms with Crippen LogP contribution in [-0.2, 0) is 6.42 Å². The average molecular weight is 209 g/mol. The van der Waals surface area contributed by atoms with Crippen LogP contribution in [0.25, 0.3) is 0 Å². The predicted octanol–water partition coefficient (Wildman–Crippen LogP) is 0.595. The minimum absolute atomic E-state index is 0.315. The van der Waals surface area contributed by atoms with Crippen LogP contribution in [0.1, 0.15) is 12.0 Å². The number of nitrogens with two attached hydrogens (primary N) is 1. The van der Waals surface area contributed by atoms with E-state index in [0.717, 1.165) is 30.8 Å². The lowest BCUT2D eigenvalue weighted by molar-refractivity contribution is 0.400. The molecule has 0 spiro atoms. The molecule has 15 heavy (non-hydrogen) atoms. The molecule has 0 bridgehead atoms. The summed E-state index contributed by atoms with van der Waals surface area (Å²) >= 11 is 0. The summed E-state index contributed by atoms with van der Waals surface area (Å²) in [4.78, 5) is 10.3. The van der Waals surface area contributed by atoms with Gasteiger partial charge >= 0.3 is 0 Å². The van der Waals surface area contributed by atoms with E-state index in [0.29, 0.717) is 5.95 Å². The molecule has 0 aliphatic heterocycles. The molecule has 84 valence electrons. The van der Waals surface area contributed by atoms with Crippen molar-refractivity contribution in [1.29, 1.82) is 0 Å². The van der Waals surface area contributed by atoms with Crippen LogP contribution in [0, 0.1) is 0 Å². The molecule has 0 atom stereocenters. The first-order valence-electron chi connectivity index (χ1n) is 5.07. The Morgan fingerprint density at radius 1 is 1.47 bits per heavy atom. The molecule has 1 rings (SSSR count). The van der Waals surface area contributed by atoms with Gasteiger partial charge in [-0.05, 0) is 33.5 Å². The van der Waals surface area contributed by atoms with E-state index in [1.54, 1.807) is 6.20 Å². The molecular weight excluding hydrogens is 190 g/mol. The molecule has 0 saturated carbocycles. The number of aryl methyl sites for hydroxylation is 1. The SMILES string of the molecule is CNc1nc(N)ncc1CCCN(C)C. The van der Waals surface area contributed by atoms with Gasteiger partial charge in [-0.15, -0.1) is 0 Å². The Balaban J connectivity index is 2.60. The van der Waals surface area contributed by atoms with E-state index in [4.69, 9.17) is 5.73 Å². The van der Waals surface area contributed by atoms with Gasteiger partial charge in [-0.1, -0.05) is 0 Å². The quantitative estimate of drug-likeness (QED) is 0.743. The lowest BCUT2D eigenvalue weighted by atomic mass is 10.1. The maximum atomic E-state index is 5.51. The van der Waals surface area contributed by atoms with Crippen LogP contribution in [0.5, 0.6) is 0 Å².